The summed E-state index contributed by atoms with van der Waals surface area (Å²) in [6, 6.07) is 0. The Morgan fingerprint density at radius 3 is 2.39 bits per heavy atom. The maximum atomic E-state index is 13.3. The predicted molar refractivity (Wildman–Crippen MR) is 157 cm³/mol. The number of likely N-dealkylation sites (N-methyl/N-ethyl adjacent to an activating group) is 1. The molecule has 0 amide bonds. The van der Waals surface area contributed by atoms with Crippen LogP contribution in [0.5, 0.6) is 5.88 Å². The molecule has 2 atom stereocenters. The van der Waals surface area contributed by atoms with E-state index in [2.05, 4.69) is 35.7 Å². The lowest BCUT2D eigenvalue weighted by Gasteiger charge is -2.43. The zero-order chi connectivity index (χ0) is 27.1. The van der Waals surface area contributed by atoms with Crippen molar-refractivity contribution in [3.05, 3.63) is 11.8 Å². The lowest BCUT2D eigenvalue weighted by Crippen LogP contribution is -2.57. The molecule has 1 saturated carbocycles. The first-order chi connectivity index (χ1) is 18.6. The van der Waals surface area contributed by atoms with Crippen LogP contribution in [0.2, 0.25) is 0 Å². The van der Waals surface area contributed by atoms with Gasteiger partial charge in [-0.05, 0) is 25.7 Å². The highest BCUT2D eigenvalue weighted by Crippen LogP contribution is 2.34. The van der Waals surface area contributed by atoms with Gasteiger partial charge in [0.25, 0.3) is 5.88 Å². The van der Waals surface area contributed by atoms with Crippen LogP contribution in [0.1, 0.15) is 135 Å². The first-order valence-corrected chi connectivity index (χ1v) is 16.5. The molecular formula is C31H54N3O3S+. The van der Waals surface area contributed by atoms with Crippen LogP contribution < -0.4 is 4.74 Å². The van der Waals surface area contributed by atoms with Gasteiger partial charge >= 0.3 is 5.97 Å². The van der Waals surface area contributed by atoms with Crippen molar-refractivity contribution in [2.24, 2.45) is 5.92 Å². The lowest BCUT2D eigenvalue weighted by molar-refractivity contribution is -0.947. The Bertz CT molecular complexity index is 836. The molecule has 0 radical (unpaired) electrons. The molecule has 1 aliphatic carbocycles. The molecule has 1 aliphatic heterocycles. The number of rotatable bonds is 18. The number of hydrogen-bond acceptors (Lipinski definition) is 6. The SMILES string of the molecule is CCCCCCCCCC(OC(=O)C1CCCCC1)[N+]1(C)CCC=C(c2nsnc2OCCCCCC)C1. The fourth-order valence-electron chi connectivity index (χ4n) is 6.00. The molecule has 0 aromatic carbocycles. The summed E-state index contributed by atoms with van der Waals surface area (Å²) in [5.41, 5.74) is 2.08. The average Bonchev–Trinajstić information content (AvgIpc) is 3.41. The van der Waals surface area contributed by atoms with E-state index in [0.29, 0.717) is 12.5 Å². The van der Waals surface area contributed by atoms with Gasteiger partial charge in [-0.25, -0.2) is 0 Å². The van der Waals surface area contributed by atoms with E-state index in [4.69, 9.17) is 9.47 Å². The van der Waals surface area contributed by atoms with Crippen LogP contribution >= 0.6 is 11.7 Å². The summed E-state index contributed by atoms with van der Waals surface area (Å²) in [5.74, 6) is 0.802. The van der Waals surface area contributed by atoms with Crippen LogP contribution in [0.3, 0.4) is 0 Å². The molecule has 2 heterocycles. The zero-order valence-electron chi connectivity index (χ0n) is 24.6. The largest absolute Gasteiger partial charge is 0.475 e. The van der Waals surface area contributed by atoms with Crippen LogP contribution in [0, 0.1) is 5.92 Å². The minimum absolute atomic E-state index is 0.0412. The third-order valence-corrected chi connectivity index (χ3v) is 9.01. The second-order valence-electron chi connectivity index (χ2n) is 11.8. The van der Waals surface area contributed by atoms with E-state index in [-0.39, 0.29) is 18.1 Å². The molecule has 1 aromatic rings. The van der Waals surface area contributed by atoms with Crippen LogP contribution in [0.25, 0.3) is 5.57 Å². The van der Waals surface area contributed by atoms with E-state index < -0.39 is 0 Å². The van der Waals surface area contributed by atoms with E-state index in [0.717, 1.165) is 74.6 Å². The molecule has 0 saturated heterocycles. The van der Waals surface area contributed by atoms with E-state index in [9.17, 15) is 4.79 Å². The molecule has 3 rings (SSSR count). The van der Waals surface area contributed by atoms with Gasteiger partial charge in [0.1, 0.15) is 12.2 Å². The van der Waals surface area contributed by atoms with Crippen molar-refractivity contribution in [1.29, 1.82) is 0 Å². The molecule has 2 aliphatic rings. The molecule has 0 N–H and O–H groups in total. The Balaban J connectivity index is 1.63. The van der Waals surface area contributed by atoms with E-state index in [1.807, 2.05) is 0 Å². The monoisotopic (exact) mass is 548 g/mol. The summed E-state index contributed by atoms with van der Waals surface area (Å²) in [6.45, 7) is 6.96. The van der Waals surface area contributed by atoms with Gasteiger partial charge in [-0.2, -0.15) is 4.37 Å². The van der Waals surface area contributed by atoms with Crippen LogP contribution in [-0.4, -0.2) is 52.2 Å². The summed E-state index contributed by atoms with van der Waals surface area (Å²) in [5, 5.41) is 0. The zero-order valence-corrected chi connectivity index (χ0v) is 25.4. The van der Waals surface area contributed by atoms with Crippen LogP contribution in [0.4, 0.5) is 0 Å². The van der Waals surface area contributed by atoms with Gasteiger partial charge in [-0.15, -0.1) is 4.37 Å². The quantitative estimate of drug-likeness (QED) is 0.105. The summed E-state index contributed by atoms with van der Waals surface area (Å²) in [6.07, 6.45) is 23.2. The Labute approximate surface area is 236 Å². The highest BCUT2D eigenvalue weighted by Gasteiger charge is 2.40. The van der Waals surface area contributed by atoms with Crippen LogP contribution in [0.15, 0.2) is 6.08 Å². The number of carbonyl (C=O) groups is 1. The summed E-state index contributed by atoms with van der Waals surface area (Å²) < 4.78 is 22.3. The number of nitrogens with zero attached hydrogens (tertiary/aromatic N) is 3. The standard InChI is InChI=1S/C31H54N3O3S/c1-4-6-8-10-11-12-16-22-28(37-31(35)26-19-14-13-15-20-26)34(3)23-18-21-27(25-34)29-30(33-38-32-29)36-24-17-9-7-5-2/h21,26,28H,4-20,22-25H2,1-3H3/q+1. The number of ether oxygens (including phenoxy) is 2. The average molecular weight is 549 g/mol. The number of carbonyl (C=O) groups excluding carboxylic acids is 1. The van der Waals surface area contributed by atoms with Gasteiger partial charge in [-0.3, -0.25) is 9.28 Å². The van der Waals surface area contributed by atoms with Crippen molar-refractivity contribution in [3.63, 3.8) is 0 Å². The first-order valence-electron chi connectivity index (χ1n) is 15.8. The molecule has 0 spiro atoms. The maximum Gasteiger partial charge on any atom is 0.313 e. The number of quaternary nitrogens is 1. The Morgan fingerprint density at radius 1 is 0.974 bits per heavy atom. The molecule has 7 heteroatoms. The smallest absolute Gasteiger partial charge is 0.313 e. The minimum atomic E-state index is -0.103. The molecule has 216 valence electrons. The van der Waals surface area contributed by atoms with E-state index >= 15 is 0 Å². The summed E-state index contributed by atoms with van der Waals surface area (Å²) in [4.78, 5) is 13.3. The van der Waals surface area contributed by atoms with Crippen LogP contribution in [-0.2, 0) is 9.53 Å². The van der Waals surface area contributed by atoms with Crippen molar-refractivity contribution in [2.45, 2.75) is 136 Å². The van der Waals surface area contributed by atoms with Gasteiger partial charge in [0.15, 0.2) is 0 Å². The van der Waals surface area contributed by atoms with Gasteiger partial charge in [0.2, 0.25) is 6.23 Å². The summed E-state index contributed by atoms with van der Waals surface area (Å²) in [7, 11) is 2.28. The van der Waals surface area contributed by atoms with Crippen molar-refractivity contribution in [1.82, 2.24) is 8.75 Å². The topological polar surface area (TPSA) is 61.3 Å². The third-order valence-electron chi connectivity index (χ3n) is 8.50. The fourth-order valence-corrected chi connectivity index (χ4v) is 6.53. The van der Waals surface area contributed by atoms with Gasteiger partial charge < -0.3 is 9.47 Å². The van der Waals surface area contributed by atoms with Crippen molar-refractivity contribution in [2.75, 3.05) is 26.7 Å². The highest BCUT2D eigenvalue weighted by atomic mass is 32.1. The Hall–Kier alpha value is -1.47. The van der Waals surface area contributed by atoms with Crippen molar-refractivity contribution >= 4 is 23.3 Å². The van der Waals surface area contributed by atoms with Crippen molar-refractivity contribution < 1.29 is 18.8 Å². The predicted octanol–water partition coefficient (Wildman–Crippen LogP) is 8.32. The molecular weight excluding hydrogens is 494 g/mol. The number of hydrogen-bond donors (Lipinski definition) is 0. The molecule has 2 unspecified atom stereocenters. The van der Waals surface area contributed by atoms with Gasteiger partial charge in [0, 0.05) is 18.4 Å². The second kappa shape index (κ2) is 17.3. The lowest BCUT2D eigenvalue weighted by atomic mass is 9.89. The summed E-state index contributed by atoms with van der Waals surface area (Å²) >= 11 is 1.23. The molecule has 1 aromatic heterocycles. The van der Waals surface area contributed by atoms with E-state index in [1.54, 1.807) is 0 Å². The number of esters is 1. The highest BCUT2D eigenvalue weighted by molar-refractivity contribution is 6.99. The molecule has 38 heavy (non-hydrogen) atoms. The minimum Gasteiger partial charge on any atom is -0.475 e. The maximum absolute atomic E-state index is 13.3. The number of aromatic nitrogens is 2. The molecule has 6 nitrogen and oxygen atoms in total. The Kier molecular flexibility index (Phi) is 14.1. The number of unbranched alkanes of at least 4 members (excludes halogenated alkanes) is 9. The van der Waals surface area contributed by atoms with Gasteiger partial charge in [-0.1, -0.05) is 97.0 Å². The molecule has 0 bridgehead atoms. The molecule has 1 fully saturated rings. The first kappa shape index (κ1) is 31.1. The fraction of sp³-hybridized carbons (Fsp3) is 0.839. The second-order valence-corrected chi connectivity index (χ2v) is 12.4. The third kappa shape index (κ3) is 9.93. The normalized spacial score (nSPS) is 21.2. The Morgan fingerprint density at radius 2 is 1.66 bits per heavy atom. The van der Waals surface area contributed by atoms with E-state index in [1.165, 1.54) is 81.5 Å². The van der Waals surface area contributed by atoms with Crippen molar-refractivity contribution in [3.8, 4) is 5.88 Å². The van der Waals surface area contributed by atoms with Gasteiger partial charge in [0.05, 0.1) is 37.8 Å².